The van der Waals surface area contributed by atoms with Crippen molar-refractivity contribution in [3.63, 3.8) is 0 Å². The fourth-order valence-electron chi connectivity index (χ4n) is 4.55. The highest BCUT2D eigenvalue weighted by Crippen LogP contribution is 2.44. The molecule has 0 aliphatic heterocycles. The maximum Gasteiger partial charge on any atom is 0.407 e. The molecule has 3 rings (SSSR count). The third kappa shape index (κ3) is 7.57. The van der Waals surface area contributed by atoms with Gasteiger partial charge >= 0.3 is 12.1 Å². The summed E-state index contributed by atoms with van der Waals surface area (Å²) in [4.78, 5) is 35.9. The lowest BCUT2D eigenvalue weighted by Crippen LogP contribution is -2.47. The first-order valence-electron chi connectivity index (χ1n) is 12.6. The largest absolute Gasteiger partial charge is 0.481 e. The van der Waals surface area contributed by atoms with Crippen molar-refractivity contribution < 1.29 is 24.2 Å². The Balaban J connectivity index is 1.49. The van der Waals surface area contributed by atoms with Gasteiger partial charge in [-0.3, -0.25) is 9.59 Å². The van der Waals surface area contributed by atoms with E-state index in [4.69, 9.17) is 9.84 Å². The summed E-state index contributed by atoms with van der Waals surface area (Å²) in [5.41, 5.74) is 4.62. The number of fused-ring (bicyclic) bond motifs is 3. The average Bonchev–Trinajstić information content (AvgIpc) is 3.18. The molecule has 0 saturated carbocycles. The minimum Gasteiger partial charge on any atom is -0.481 e. The molecule has 1 aliphatic rings. The van der Waals surface area contributed by atoms with Crippen molar-refractivity contribution in [1.82, 2.24) is 10.6 Å². The van der Waals surface area contributed by atoms with E-state index >= 15 is 0 Å². The number of alkyl carbamates (subject to hydrolysis) is 1. The number of carbonyl (C=O) groups excluding carboxylic acids is 2. The van der Waals surface area contributed by atoms with Gasteiger partial charge in [0.05, 0.1) is 0 Å². The maximum absolute atomic E-state index is 12.7. The molecule has 0 saturated heterocycles. The molecular weight excluding hydrogens is 444 g/mol. The van der Waals surface area contributed by atoms with Crippen LogP contribution >= 0.6 is 0 Å². The van der Waals surface area contributed by atoms with E-state index in [2.05, 4.69) is 34.9 Å². The van der Waals surface area contributed by atoms with Gasteiger partial charge in [0.2, 0.25) is 5.91 Å². The molecule has 188 valence electrons. The van der Waals surface area contributed by atoms with E-state index < -0.39 is 18.1 Å². The average molecular weight is 481 g/mol. The highest BCUT2D eigenvalue weighted by Gasteiger charge is 2.29. The van der Waals surface area contributed by atoms with Crippen molar-refractivity contribution >= 4 is 18.0 Å². The molecule has 1 atom stereocenters. The number of ether oxygens (including phenoxy) is 1. The van der Waals surface area contributed by atoms with Crippen LogP contribution in [0.3, 0.4) is 0 Å². The lowest BCUT2D eigenvalue weighted by Gasteiger charge is -2.19. The lowest BCUT2D eigenvalue weighted by molar-refractivity contribution is -0.137. The van der Waals surface area contributed by atoms with E-state index in [1.807, 2.05) is 31.2 Å². The Morgan fingerprint density at radius 2 is 1.54 bits per heavy atom. The summed E-state index contributed by atoms with van der Waals surface area (Å²) in [7, 11) is 0. The molecule has 2 aromatic rings. The van der Waals surface area contributed by atoms with E-state index in [1.165, 1.54) is 11.1 Å². The number of aliphatic carboxylic acids is 1. The number of rotatable bonds is 14. The third-order valence-electron chi connectivity index (χ3n) is 6.42. The van der Waals surface area contributed by atoms with Gasteiger partial charge in [-0.2, -0.15) is 0 Å². The third-order valence-corrected chi connectivity index (χ3v) is 6.42. The molecule has 0 heterocycles. The number of unbranched alkanes of at least 4 members (excludes halogenated alkanes) is 4. The van der Waals surface area contributed by atoms with Gasteiger partial charge in [0.25, 0.3) is 0 Å². The van der Waals surface area contributed by atoms with Crippen LogP contribution in [-0.2, 0) is 14.3 Å². The summed E-state index contributed by atoms with van der Waals surface area (Å²) in [5, 5.41) is 14.3. The van der Waals surface area contributed by atoms with Crippen molar-refractivity contribution in [1.29, 1.82) is 0 Å². The number of hydrogen-bond donors (Lipinski definition) is 3. The van der Waals surface area contributed by atoms with Crippen LogP contribution in [0.15, 0.2) is 48.5 Å². The number of carboxylic acids is 1. The normalized spacial score (nSPS) is 12.9. The predicted molar refractivity (Wildman–Crippen MR) is 135 cm³/mol. The minimum absolute atomic E-state index is 0.0304. The van der Waals surface area contributed by atoms with E-state index in [0.717, 1.165) is 43.2 Å². The second-order valence-corrected chi connectivity index (χ2v) is 9.01. The Bertz CT molecular complexity index is 961. The molecule has 0 fully saturated rings. The van der Waals surface area contributed by atoms with Crippen LogP contribution in [0, 0.1) is 0 Å². The topological polar surface area (TPSA) is 105 Å². The summed E-state index contributed by atoms with van der Waals surface area (Å²) in [6.45, 7) is 2.75. The Hall–Kier alpha value is -3.35. The summed E-state index contributed by atoms with van der Waals surface area (Å²) < 4.78 is 5.61. The number of nitrogens with one attached hydrogen (secondary N) is 2. The van der Waals surface area contributed by atoms with E-state index in [1.54, 1.807) is 0 Å². The molecule has 1 unspecified atom stereocenters. The van der Waals surface area contributed by atoms with Crippen molar-refractivity contribution in [3.05, 3.63) is 59.7 Å². The van der Waals surface area contributed by atoms with Crippen molar-refractivity contribution in [2.24, 2.45) is 0 Å². The van der Waals surface area contributed by atoms with Crippen LogP contribution in [-0.4, -0.2) is 42.3 Å². The SMILES string of the molecule is CCCCC(NC(=O)OCC1c2ccccc2-c2ccccc21)C(=O)NCCCCCCC(=O)O. The lowest BCUT2D eigenvalue weighted by atomic mass is 9.98. The molecule has 1 aliphatic carbocycles. The van der Waals surface area contributed by atoms with Crippen LogP contribution in [0.5, 0.6) is 0 Å². The number of carbonyl (C=O) groups is 3. The molecule has 3 N–H and O–H groups in total. The predicted octanol–water partition coefficient (Wildman–Crippen LogP) is 5.24. The molecule has 0 bridgehead atoms. The number of benzene rings is 2. The van der Waals surface area contributed by atoms with Crippen molar-refractivity contribution in [2.45, 2.75) is 70.3 Å². The number of hydrogen-bond acceptors (Lipinski definition) is 4. The van der Waals surface area contributed by atoms with Crippen molar-refractivity contribution in [3.8, 4) is 11.1 Å². The minimum atomic E-state index is -0.781. The van der Waals surface area contributed by atoms with Gasteiger partial charge in [-0.25, -0.2) is 4.79 Å². The molecule has 0 aromatic heterocycles. The van der Waals surface area contributed by atoms with Gasteiger partial charge in [0.1, 0.15) is 12.6 Å². The van der Waals surface area contributed by atoms with E-state index in [9.17, 15) is 14.4 Å². The van der Waals surface area contributed by atoms with Crippen LogP contribution in [0.25, 0.3) is 11.1 Å². The summed E-state index contributed by atoms with van der Waals surface area (Å²) in [6.07, 6.45) is 4.96. The number of amides is 2. The van der Waals surface area contributed by atoms with Crippen LogP contribution in [0.1, 0.15) is 75.3 Å². The number of carboxylic acid groups (broad SMARTS) is 1. The Kier molecular flexibility index (Phi) is 10.1. The fourth-order valence-corrected chi connectivity index (χ4v) is 4.55. The van der Waals surface area contributed by atoms with Crippen LogP contribution < -0.4 is 10.6 Å². The zero-order chi connectivity index (χ0) is 25.0. The smallest absolute Gasteiger partial charge is 0.407 e. The first kappa shape index (κ1) is 26.3. The summed E-state index contributed by atoms with van der Waals surface area (Å²) in [5.74, 6) is -1.02. The van der Waals surface area contributed by atoms with Gasteiger partial charge in [-0.1, -0.05) is 81.1 Å². The van der Waals surface area contributed by atoms with Gasteiger partial charge in [0, 0.05) is 18.9 Å². The standard InChI is InChI=1S/C28H36N2O5/c1-2-3-16-25(27(33)29-18-11-5-4-6-17-26(31)32)30-28(34)35-19-24-22-14-9-7-12-20(22)21-13-8-10-15-23(21)24/h7-10,12-15,24-25H,2-6,11,16-19H2,1H3,(H,29,33)(H,30,34)(H,31,32). The molecule has 2 aromatic carbocycles. The first-order chi connectivity index (χ1) is 17.0. The molecule has 0 spiro atoms. The van der Waals surface area contributed by atoms with Gasteiger partial charge in [-0.15, -0.1) is 0 Å². The Labute approximate surface area is 207 Å². The second kappa shape index (κ2) is 13.5. The molecule has 7 nitrogen and oxygen atoms in total. The molecule has 2 amide bonds. The van der Waals surface area contributed by atoms with E-state index in [-0.39, 0.29) is 24.9 Å². The quantitative estimate of drug-likeness (QED) is 0.321. The molecule has 0 radical (unpaired) electrons. The monoisotopic (exact) mass is 480 g/mol. The zero-order valence-corrected chi connectivity index (χ0v) is 20.4. The first-order valence-corrected chi connectivity index (χ1v) is 12.6. The maximum atomic E-state index is 12.7. The van der Waals surface area contributed by atoms with Gasteiger partial charge in [0.15, 0.2) is 0 Å². The zero-order valence-electron chi connectivity index (χ0n) is 20.4. The second-order valence-electron chi connectivity index (χ2n) is 9.01. The summed E-state index contributed by atoms with van der Waals surface area (Å²) in [6, 6.07) is 15.7. The van der Waals surface area contributed by atoms with Gasteiger partial charge < -0.3 is 20.5 Å². The van der Waals surface area contributed by atoms with Gasteiger partial charge in [-0.05, 0) is 41.5 Å². The van der Waals surface area contributed by atoms with Crippen molar-refractivity contribution in [2.75, 3.05) is 13.2 Å². The molecule has 35 heavy (non-hydrogen) atoms. The van der Waals surface area contributed by atoms with Crippen LogP contribution in [0.2, 0.25) is 0 Å². The molecular formula is C28H36N2O5. The summed E-state index contributed by atoms with van der Waals surface area (Å²) >= 11 is 0. The molecule has 7 heteroatoms. The fraction of sp³-hybridized carbons (Fsp3) is 0.464. The Morgan fingerprint density at radius 1 is 0.914 bits per heavy atom. The highest BCUT2D eigenvalue weighted by atomic mass is 16.5. The highest BCUT2D eigenvalue weighted by molar-refractivity contribution is 5.85. The van der Waals surface area contributed by atoms with E-state index in [0.29, 0.717) is 19.4 Å². The van der Waals surface area contributed by atoms with Crippen LogP contribution in [0.4, 0.5) is 4.79 Å². The Morgan fingerprint density at radius 3 is 2.17 bits per heavy atom.